The van der Waals surface area contributed by atoms with E-state index in [9.17, 15) is 4.79 Å². The summed E-state index contributed by atoms with van der Waals surface area (Å²) in [6, 6.07) is 19.2. The van der Waals surface area contributed by atoms with Crippen molar-refractivity contribution in [3.63, 3.8) is 0 Å². The van der Waals surface area contributed by atoms with Crippen molar-refractivity contribution in [2.45, 2.75) is 25.4 Å². The first-order valence-electron chi connectivity index (χ1n) is 8.05. The third-order valence-electron chi connectivity index (χ3n) is 3.79. The Balaban J connectivity index is 1.57. The van der Waals surface area contributed by atoms with Crippen LogP contribution in [0.4, 0.5) is 4.79 Å². The molecular weight excluding hydrogens is 306 g/mol. The van der Waals surface area contributed by atoms with Gasteiger partial charge in [-0.25, -0.2) is 4.79 Å². The zero-order chi connectivity index (χ0) is 16.6. The number of amides is 1. The highest BCUT2D eigenvalue weighted by Crippen LogP contribution is 2.14. The number of benzene rings is 2. The van der Waals surface area contributed by atoms with Crippen molar-refractivity contribution in [1.29, 1.82) is 0 Å². The Morgan fingerprint density at radius 3 is 2.21 bits per heavy atom. The van der Waals surface area contributed by atoms with Gasteiger partial charge in [0, 0.05) is 0 Å². The van der Waals surface area contributed by atoms with Gasteiger partial charge >= 0.3 is 6.09 Å². The summed E-state index contributed by atoms with van der Waals surface area (Å²) in [6.45, 7) is 1.31. The molecule has 5 heteroatoms. The Morgan fingerprint density at radius 1 is 1.00 bits per heavy atom. The minimum atomic E-state index is -0.473. The van der Waals surface area contributed by atoms with Crippen LogP contribution in [0.5, 0.6) is 0 Å². The van der Waals surface area contributed by atoms with Crippen LogP contribution in [0.1, 0.15) is 11.1 Å². The molecule has 0 radical (unpaired) electrons. The summed E-state index contributed by atoms with van der Waals surface area (Å²) >= 11 is 0. The largest absolute Gasteiger partial charge is 0.445 e. The number of nitrogens with one attached hydrogen (secondary N) is 1. The van der Waals surface area contributed by atoms with Crippen LogP contribution >= 0.6 is 0 Å². The minimum Gasteiger partial charge on any atom is -0.445 e. The van der Waals surface area contributed by atoms with E-state index in [1.165, 1.54) is 0 Å². The van der Waals surface area contributed by atoms with Crippen LogP contribution in [0.15, 0.2) is 60.7 Å². The summed E-state index contributed by atoms with van der Waals surface area (Å²) < 4.78 is 16.4. The number of hydrogen-bond donors (Lipinski definition) is 1. The number of ether oxygens (including phenoxy) is 3. The van der Waals surface area contributed by atoms with Gasteiger partial charge in [0.15, 0.2) is 6.29 Å². The predicted molar refractivity (Wildman–Crippen MR) is 89.4 cm³/mol. The van der Waals surface area contributed by atoms with Crippen LogP contribution in [0.25, 0.3) is 0 Å². The zero-order valence-corrected chi connectivity index (χ0v) is 13.4. The smallest absolute Gasteiger partial charge is 0.407 e. The van der Waals surface area contributed by atoms with Crippen molar-refractivity contribution in [2.75, 3.05) is 13.2 Å². The van der Waals surface area contributed by atoms with E-state index < -0.39 is 12.4 Å². The fourth-order valence-corrected chi connectivity index (χ4v) is 2.61. The number of rotatable bonds is 6. The van der Waals surface area contributed by atoms with Crippen LogP contribution in [-0.4, -0.2) is 31.6 Å². The Bertz CT molecular complexity index is 626. The molecule has 126 valence electrons. The molecule has 0 spiro atoms. The Labute approximate surface area is 141 Å². The molecule has 2 aromatic rings. The third kappa shape index (κ3) is 4.81. The van der Waals surface area contributed by atoms with Gasteiger partial charge in [-0.1, -0.05) is 60.7 Å². The van der Waals surface area contributed by atoms with E-state index in [2.05, 4.69) is 5.32 Å². The molecular formula is C19H21NO4. The van der Waals surface area contributed by atoms with E-state index in [1.807, 2.05) is 60.7 Å². The lowest BCUT2D eigenvalue weighted by molar-refractivity contribution is -0.0664. The molecule has 1 amide bonds. The molecule has 1 saturated heterocycles. The second kappa shape index (κ2) is 8.47. The van der Waals surface area contributed by atoms with Crippen LogP contribution in [0.3, 0.4) is 0 Å². The van der Waals surface area contributed by atoms with Crippen LogP contribution < -0.4 is 5.32 Å². The number of alkyl carbamates (subject to hydrolysis) is 1. The Hall–Kier alpha value is -2.37. The summed E-state index contributed by atoms with van der Waals surface area (Å²) in [5.74, 6) is 0. The Morgan fingerprint density at radius 2 is 1.58 bits per heavy atom. The van der Waals surface area contributed by atoms with Crippen molar-refractivity contribution < 1.29 is 19.0 Å². The van der Waals surface area contributed by atoms with Gasteiger partial charge in [-0.15, -0.1) is 0 Å². The molecule has 24 heavy (non-hydrogen) atoms. The molecule has 0 bridgehead atoms. The SMILES string of the molecule is O=C(N[C@H](Cc1ccccc1)C1OCCO1)OCc1ccccc1. The monoisotopic (exact) mass is 327 g/mol. The van der Waals surface area contributed by atoms with Gasteiger partial charge in [0.2, 0.25) is 0 Å². The molecule has 1 aliphatic heterocycles. The molecule has 3 rings (SSSR count). The molecule has 0 aromatic heterocycles. The first kappa shape index (κ1) is 16.5. The van der Waals surface area contributed by atoms with Gasteiger partial charge in [0.1, 0.15) is 6.61 Å². The van der Waals surface area contributed by atoms with E-state index in [1.54, 1.807) is 0 Å². The van der Waals surface area contributed by atoms with Gasteiger partial charge in [0.25, 0.3) is 0 Å². The minimum absolute atomic E-state index is 0.233. The standard InChI is InChI=1S/C19H21NO4/c21-19(24-14-16-9-5-2-6-10-16)20-17(18-22-11-12-23-18)13-15-7-3-1-4-8-15/h1-10,17-18H,11-14H2,(H,20,21)/t17-/m1/s1. The molecule has 1 fully saturated rings. The topological polar surface area (TPSA) is 56.8 Å². The molecule has 1 heterocycles. The molecule has 1 aliphatic rings. The maximum Gasteiger partial charge on any atom is 0.407 e. The van der Waals surface area contributed by atoms with Gasteiger partial charge in [-0.05, 0) is 17.5 Å². The molecule has 0 aliphatic carbocycles. The third-order valence-corrected chi connectivity index (χ3v) is 3.79. The fourth-order valence-electron chi connectivity index (χ4n) is 2.61. The average Bonchev–Trinajstić information content (AvgIpc) is 3.16. The molecule has 2 aromatic carbocycles. The highest BCUT2D eigenvalue weighted by Gasteiger charge is 2.29. The predicted octanol–water partition coefficient (Wildman–Crippen LogP) is 2.90. The second-order valence-electron chi connectivity index (χ2n) is 5.61. The fraction of sp³-hybridized carbons (Fsp3) is 0.316. The Kier molecular flexibility index (Phi) is 5.82. The first-order valence-corrected chi connectivity index (χ1v) is 8.05. The van der Waals surface area contributed by atoms with Crippen molar-refractivity contribution >= 4 is 6.09 Å². The van der Waals surface area contributed by atoms with Crippen LogP contribution in [0, 0.1) is 0 Å². The van der Waals surface area contributed by atoms with E-state index >= 15 is 0 Å². The van der Waals surface area contributed by atoms with Crippen LogP contribution in [0.2, 0.25) is 0 Å². The van der Waals surface area contributed by atoms with E-state index in [0.29, 0.717) is 19.6 Å². The first-order chi connectivity index (χ1) is 11.8. The van der Waals surface area contributed by atoms with Gasteiger partial charge < -0.3 is 19.5 Å². The quantitative estimate of drug-likeness (QED) is 0.886. The number of carbonyl (C=O) groups excluding carboxylic acids is 1. The van der Waals surface area contributed by atoms with Crippen molar-refractivity contribution in [2.24, 2.45) is 0 Å². The number of carbonyl (C=O) groups is 1. The second-order valence-corrected chi connectivity index (χ2v) is 5.61. The maximum atomic E-state index is 12.1. The van der Waals surface area contributed by atoms with E-state index in [4.69, 9.17) is 14.2 Å². The van der Waals surface area contributed by atoms with Gasteiger partial charge in [0.05, 0.1) is 19.3 Å². The summed E-state index contributed by atoms with van der Waals surface area (Å²) in [5, 5.41) is 2.87. The van der Waals surface area contributed by atoms with Gasteiger partial charge in [-0.2, -0.15) is 0 Å². The van der Waals surface area contributed by atoms with E-state index in [-0.39, 0.29) is 12.6 Å². The number of hydrogen-bond acceptors (Lipinski definition) is 4. The highest BCUT2D eigenvalue weighted by atomic mass is 16.7. The zero-order valence-electron chi connectivity index (χ0n) is 13.4. The lowest BCUT2D eigenvalue weighted by Crippen LogP contribution is -2.45. The molecule has 5 nitrogen and oxygen atoms in total. The maximum absolute atomic E-state index is 12.1. The summed E-state index contributed by atoms with van der Waals surface area (Å²) in [5.41, 5.74) is 2.05. The molecule has 0 unspecified atom stereocenters. The summed E-state index contributed by atoms with van der Waals surface area (Å²) in [6.07, 6.45) is -0.306. The van der Waals surface area contributed by atoms with E-state index in [0.717, 1.165) is 11.1 Å². The van der Waals surface area contributed by atoms with Gasteiger partial charge in [-0.3, -0.25) is 0 Å². The average molecular weight is 327 g/mol. The normalized spacial score (nSPS) is 15.8. The highest BCUT2D eigenvalue weighted by molar-refractivity contribution is 5.67. The molecule has 1 N–H and O–H groups in total. The molecule has 1 atom stereocenters. The van der Waals surface area contributed by atoms with Crippen molar-refractivity contribution in [3.8, 4) is 0 Å². The lowest BCUT2D eigenvalue weighted by atomic mass is 10.1. The summed E-state index contributed by atoms with van der Waals surface area (Å²) in [4.78, 5) is 12.1. The molecule has 0 saturated carbocycles. The lowest BCUT2D eigenvalue weighted by Gasteiger charge is -2.23. The summed E-state index contributed by atoms with van der Waals surface area (Å²) in [7, 11) is 0. The van der Waals surface area contributed by atoms with Crippen molar-refractivity contribution in [3.05, 3.63) is 71.8 Å². The van der Waals surface area contributed by atoms with Crippen molar-refractivity contribution in [1.82, 2.24) is 5.32 Å². The van der Waals surface area contributed by atoms with Crippen LogP contribution in [-0.2, 0) is 27.2 Å².